The van der Waals surface area contributed by atoms with Crippen molar-refractivity contribution in [3.63, 3.8) is 0 Å². The zero-order chi connectivity index (χ0) is 16.4. The van der Waals surface area contributed by atoms with Crippen molar-refractivity contribution in [3.05, 3.63) is 29.6 Å². The van der Waals surface area contributed by atoms with Crippen molar-refractivity contribution in [1.29, 1.82) is 0 Å². The van der Waals surface area contributed by atoms with E-state index in [2.05, 4.69) is 16.8 Å². The molecule has 1 N–H and O–H groups in total. The number of fused-ring (bicyclic) bond motifs is 1. The maximum atomic E-state index is 14.2. The van der Waals surface area contributed by atoms with Crippen molar-refractivity contribution in [1.82, 2.24) is 9.80 Å². The molecule has 23 heavy (non-hydrogen) atoms. The molecule has 0 saturated carbocycles. The van der Waals surface area contributed by atoms with Crippen LogP contribution in [-0.2, 0) is 6.54 Å². The van der Waals surface area contributed by atoms with Crippen molar-refractivity contribution in [2.24, 2.45) is 5.41 Å². The summed E-state index contributed by atoms with van der Waals surface area (Å²) in [6, 6.07) is 5.33. The van der Waals surface area contributed by atoms with E-state index in [1.165, 1.54) is 6.07 Å². The first-order valence-corrected chi connectivity index (χ1v) is 8.44. The van der Waals surface area contributed by atoms with E-state index in [0.29, 0.717) is 23.9 Å². The Bertz CT molecular complexity index is 554. The van der Waals surface area contributed by atoms with E-state index >= 15 is 0 Å². The minimum absolute atomic E-state index is 0.0167. The molecule has 5 heteroatoms. The number of hydrogen-bond donors (Lipinski definition) is 1. The van der Waals surface area contributed by atoms with Crippen molar-refractivity contribution >= 4 is 0 Å². The summed E-state index contributed by atoms with van der Waals surface area (Å²) in [4.78, 5) is 4.66. The molecular formula is C18H27FN2O2. The van der Waals surface area contributed by atoms with E-state index in [4.69, 9.17) is 4.74 Å². The van der Waals surface area contributed by atoms with Gasteiger partial charge in [0.2, 0.25) is 0 Å². The van der Waals surface area contributed by atoms with Gasteiger partial charge in [-0.15, -0.1) is 0 Å². The van der Waals surface area contributed by atoms with Gasteiger partial charge in [0, 0.05) is 30.1 Å². The molecule has 0 bridgehead atoms. The Morgan fingerprint density at radius 1 is 1.35 bits per heavy atom. The maximum Gasteiger partial charge on any atom is 0.131 e. The van der Waals surface area contributed by atoms with E-state index in [9.17, 15) is 9.50 Å². The number of methoxy groups -OCH3 is 1. The number of ether oxygens (including phenoxy) is 1. The number of hydrogen-bond acceptors (Lipinski definition) is 4. The number of halogens is 1. The van der Waals surface area contributed by atoms with Crippen molar-refractivity contribution in [3.8, 4) is 5.75 Å². The summed E-state index contributed by atoms with van der Waals surface area (Å²) in [5.74, 6) is 0.404. The van der Waals surface area contributed by atoms with Crippen LogP contribution in [0.2, 0.25) is 0 Å². The minimum Gasteiger partial charge on any atom is -0.496 e. The van der Waals surface area contributed by atoms with Gasteiger partial charge in [0.1, 0.15) is 11.6 Å². The first-order valence-electron chi connectivity index (χ1n) is 8.44. The third kappa shape index (κ3) is 3.10. The first kappa shape index (κ1) is 16.7. The van der Waals surface area contributed by atoms with E-state index in [1.807, 2.05) is 6.07 Å². The molecule has 3 rings (SSSR count). The van der Waals surface area contributed by atoms with Crippen LogP contribution in [0.3, 0.4) is 0 Å². The Kier molecular flexibility index (Phi) is 4.90. The van der Waals surface area contributed by atoms with Gasteiger partial charge >= 0.3 is 0 Å². The molecule has 0 unspecified atom stereocenters. The minimum atomic E-state index is -0.208. The highest BCUT2D eigenvalue weighted by Crippen LogP contribution is 2.42. The maximum absolute atomic E-state index is 14.2. The summed E-state index contributed by atoms with van der Waals surface area (Å²) in [5.41, 5.74) is 0.646. The van der Waals surface area contributed by atoms with Crippen molar-refractivity contribution in [2.75, 3.05) is 40.4 Å². The number of piperidine rings is 2. The lowest BCUT2D eigenvalue weighted by atomic mass is 9.69. The Morgan fingerprint density at radius 3 is 2.91 bits per heavy atom. The number of rotatable bonds is 4. The zero-order valence-electron chi connectivity index (χ0n) is 14.1. The van der Waals surface area contributed by atoms with E-state index in [-0.39, 0.29) is 17.8 Å². The summed E-state index contributed by atoms with van der Waals surface area (Å²) in [7, 11) is 3.72. The average molecular weight is 322 g/mol. The second-order valence-electron chi connectivity index (χ2n) is 7.03. The monoisotopic (exact) mass is 322 g/mol. The molecule has 2 aliphatic rings. The molecular weight excluding hydrogens is 295 g/mol. The SMILES string of the molecule is COc1cccc(F)c1CN1CC[C@@]2(CO)CCCN(C)[C@@H]2C1. The number of aliphatic hydroxyl groups excluding tert-OH is 1. The van der Waals surface area contributed by atoms with Crippen LogP contribution in [0.15, 0.2) is 18.2 Å². The molecule has 0 amide bonds. The molecule has 4 nitrogen and oxygen atoms in total. The Balaban J connectivity index is 1.77. The second kappa shape index (κ2) is 6.75. The third-order valence-corrected chi connectivity index (χ3v) is 5.77. The van der Waals surface area contributed by atoms with Crippen LogP contribution in [-0.4, -0.2) is 61.3 Å². The van der Waals surface area contributed by atoms with Gasteiger partial charge in [0.25, 0.3) is 0 Å². The number of likely N-dealkylation sites (N-methyl/N-ethyl adjacent to an activating group) is 1. The zero-order valence-corrected chi connectivity index (χ0v) is 14.1. The summed E-state index contributed by atoms with van der Waals surface area (Å²) in [6.45, 7) is 3.64. The fourth-order valence-corrected chi connectivity index (χ4v) is 4.33. The van der Waals surface area contributed by atoms with Gasteiger partial charge in [-0.25, -0.2) is 4.39 Å². The summed E-state index contributed by atoms with van der Waals surface area (Å²) < 4.78 is 19.5. The van der Waals surface area contributed by atoms with Crippen LogP contribution in [0.1, 0.15) is 24.8 Å². The fourth-order valence-electron chi connectivity index (χ4n) is 4.33. The predicted octanol–water partition coefficient (Wildman–Crippen LogP) is 2.11. The molecule has 0 spiro atoms. The number of benzene rings is 1. The van der Waals surface area contributed by atoms with E-state index in [1.54, 1.807) is 13.2 Å². The lowest BCUT2D eigenvalue weighted by molar-refractivity contribution is -0.0687. The van der Waals surface area contributed by atoms with Gasteiger partial charge in [0.15, 0.2) is 0 Å². The molecule has 1 aromatic rings. The van der Waals surface area contributed by atoms with Crippen LogP contribution in [0.5, 0.6) is 5.75 Å². The molecule has 2 aliphatic heterocycles. The molecule has 1 aromatic carbocycles. The summed E-state index contributed by atoms with van der Waals surface area (Å²) >= 11 is 0. The smallest absolute Gasteiger partial charge is 0.131 e. The van der Waals surface area contributed by atoms with Gasteiger partial charge in [0.05, 0.1) is 13.7 Å². The van der Waals surface area contributed by atoms with Crippen LogP contribution in [0, 0.1) is 11.2 Å². The van der Waals surface area contributed by atoms with Crippen LogP contribution in [0.25, 0.3) is 0 Å². The third-order valence-electron chi connectivity index (χ3n) is 5.77. The largest absolute Gasteiger partial charge is 0.496 e. The van der Waals surface area contributed by atoms with Crippen LogP contribution < -0.4 is 4.74 Å². The highest BCUT2D eigenvalue weighted by atomic mass is 19.1. The number of nitrogens with zero attached hydrogens (tertiary/aromatic N) is 2. The summed E-state index contributed by atoms with van der Waals surface area (Å²) in [5, 5.41) is 9.97. The van der Waals surface area contributed by atoms with Gasteiger partial charge in [-0.3, -0.25) is 4.90 Å². The van der Waals surface area contributed by atoms with Gasteiger partial charge in [-0.1, -0.05) is 6.07 Å². The molecule has 2 fully saturated rings. The van der Waals surface area contributed by atoms with Gasteiger partial charge < -0.3 is 14.7 Å². The first-order chi connectivity index (χ1) is 11.1. The van der Waals surface area contributed by atoms with Crippen molar-refractivity contribution in [2.45, 2.75) is 31.8 Å². The molecule has 128 valence electrons. The molecule has 2 atom stereocenters. The molecule has 0 radical (unpaired) electrons. The number of likely N-dealkylation sites (tertiary alicyclic amines) is 2. The Morgan fingerprint density at radius 2 is 2.17 bits per heavy atom. The predicted molar refractivity (Wildman–Crippen MR) is 88.0 cm³/mol. The lowest BCUT2D eigenvalue weighted by Crippen LogP contribution is -2.61. The molecule has 2 saturated heterocycles. The highest BCUT2D eigenvalue weighted by Gasteiger charge is 2.46. The van der Waals surface area contributed by atoms with E-state index < -0.39 is 0 Å². The lowest BCUT2D eigenvalue weighted by Gasteiger charge is -2.53. The second-order valence-corrected chi connectivity index (χ2v) is 7.03. The fraction of sp³-hybridized carbons (Fsp3) is 0.667. The standard InChI is InChI=1S/C18H27FN2O2/c1-20-9-4-7-18(13-22)8-10-21(12-17(18)20)11-14-15(19)5-3-6-16(14)23-2/h3,5-6,17,22H,4,7-13H2,1-2H3/t17-,18-/m1/s1. The van der Waals surface area contributed by atoms with Crippen LogP contribution >= 0.6 is 0 Å². The topological polar surface area (TPSA) is 35.9 Å². The number of aliphatic hydroxyl groups is 1. The van der Waals surface area contributed by atoms with Crippen LogP contribution in [0.4, 0.5) is 4.39 Å². The van der Waals surface area contributed by atoms with E-state index in [0.717, 1.165) is 38.9 Å². The quantitative estimate of drug-likeness (QED) is 0.921. The normalized spacial score (nSPS) is 29.3. The van der Waals surface area contributed by atoms with Gasteiger partial charge in [-0.05, 0) is 51.5 Å². The molecule has 0 aromatic heterocycles. The molecule has 0 aliphatic carbocycles. The molecule has 2 heterocycles. The highest BCUT2D eigenvalue weighted by molar-refractivity contribution is 5.34. The Hall–Kier alpha value is -1.17. The summed E-state index contributed by atoms with van der Waals surface area (Å²) in [6.07, 6.45) is 3.21. The Labute approximate surface area is 137 Å². The average Bonchev–Trinajstić information content (AvgIpc) is 2.57. The van der Waals surface area contributed by atoms with Crippen molar-refractivity contribution < 1.29 is 14.2 Å². The van der Waals surface area contributed by atoms with Gasteiger partial charge in [-0.2, -0.15) is 0 Å².